The maximum Gasteiger partial charge on any atom is 0.189 e. The van der Waals surface area contributed by atoms with Crippen molar-refractivity contribution < 1.29 is 0 Å². The van der Waals surface area contributed by atoms with E-state index in [0.29, 0.717) is 5.69 Å². The molecule has 2 aromatic carbocycles. The number of benzene rings is 2. The predicted octanol–water partition coefficient (Wildman–Crippen LogP) is 5.10. The van der Waals surface area contributed by atoms with Crippen molar-refractivity contribution in [3.05, 3.63) is 58.4 Å². The summed E-state index contributed by atoms with van der Waals surface area (Å²) in [4.78, 5) is 8.21. The van der Waals surface area contributed by atoms with Crippen LogP contribution >= 0.6 is 0 Å². The molecule has 1 aliphatic rings. The number of nitrogens with zero attached hydrogens (tertiary/aromatic N) is 3. The SMILES string of the molecule is [C-]#[N+]c1ccc2c(c1)N(c1c(C)cc(C)cc1C)[C@@H](C)N2C. The Hall–Kier alpha value is -2.47. The molecule has 0 bridgehead atoms. The predicted molar refractivity (Wildman–Crippen MR) is 93.4 cm³/mol. The van der Waals surface area contributed by atoms with Crippen molar-refractivity contribution in [1.82, 2.24) is 0 Å². The third-order valence-electron chi connectivity index (χ3n) is 4.54. The molecule has 0 N–H and O–H groups in total. The van der Waals surface area contributed by atoms with Crippen LogP contribution in [0, 0.1) is 27.3 Å². The zero-order chi connectivity index (χ0) is 16.0. The molecule has 1 heterocycles. The van der Waals surface area contributed by atoms with Crippen molar-refractivity contribution in [2.45, 2.75) is 33.9 Å². The van der Waals surface area contributed by atoms with Gasteiger partial charge in [0.05, 0.1) is 17.9 Å². The highest BCUT2D eigenvalue weighted by molar-refractivity contribution is 5.87. The fourth-order valence-corrected chi connectivity index (χ4v) is 3.51. The summed E-state index contributed by atoms with van der Waals surface area (Å²) in [5.74, 6) is 0. The summed E-state index contributed by atoms with van der Waals surface area (Å²) in [6.45, 7) is 16.0. The summed E-state index contributed by atoms with van der Waals surface area (Å²) in [5.41, 5.74) is 8.09. The first-order valence-electron chi connectivity index (χ1n) is 7.55. The van der Waals surface area contributed by atoms with Gasteiger partial charge in [-0.1, -0.05) is 23.8 Å². The van der Waals surface area contributed by atoms with Crippen LogP contribution in [0.15, 0.2) is 30.3 Å². The van der Waals surface area contributed by atoms with Gasteiger partial charge in [0.15, 0.2) is 5.69 Å². The van der Waals surface area contributed by atoms with Gasteiger partial charge in [-0.2, -0.15) is 0 Å². The van der Waals surface area contributed by atoms with Crippen molar-refractivity contribution >= 4 is 22.7 Å². The van der Waals surface area contributed by atoms with E-state index in [0.717, 1.165) is 5.69 Å². The van der Waals surface area contributed by atoms with Gasteiger partial charge in [-0.25, -0.2) is 4.85 Å². The van der Waals surface area contributed by atoms with E-state index in [-0.39, 0.29) is 6.17 Å². The number of fused-ring (bicyclic) bond motifs is 1. The maximum atomic E-state index is 7.28. The lowest BCUT2D eigenvalue weighted by Gasteiger charge is -2.30. The molecule has 3 heteroatoms. The van der Waals surface area contributed by atoms with E-state index in [2.05, 4.69) is 67.6 Å². The summed E-state index contributed by atoms with van der Waals surface area (Å²) in [6.07, 6.45) is 0.232. The van der Waals surface area contributed by atoms with Crippen LogP contribution in [0.25, 0.3) is 4.85 Å². The Morgan fingerprint density at radius 1 is 1.00 bits per heavy atom. The topological polar surface area (TPSA) is 10.8 Å². The molecule has 0 radical (unpaired) electrons. The van der Waals surface area contributed by atoms with Crippen LogP contribution in [-0.4, -0.2) is 13.2 Å². The molecule has 2 aromatic rings. The summed E-state index contributed by atoms with van der Waals surface area (Å²) in [7, 11) is 2.11. The summed E-state index contributed by atoms with van der Waals surface area (Å²) in [5, 5.41) is 0. The second kappa shape index (κ2) is 5.06. The molecule has 0 unspecified atom stereocenters. The van der Waals surface area contributed by atoms with Gasteiger partial charge >= 0.3 is 0 Å². The van der Waals surface area contributed by atoms with Gasteiger partial charge in [0.25, 0.3) is 0 Å². The highest BCUT2D eigenvalue weighted by atomic mass is 15.4. The molecule has 1 atom stereocenters. The van der Waals surface area contributed by atoms with E-state index in [1.165, 1.54) is 28.1 Å². The molecule has 3 nitrogen and oxygen atoms in total. The van der Waals surface area contributed by atoms with Gasteiger partial charge in [0.1, 0.15) is 6.17 Å². The Bertz CT molecular complexity index is 763. The first-order valence-corrected chi connectivity index (χ1v) is 7.55. The van der Waals surface area contributed by atoms with Crippen LogP contribution in [-0.2, 0) is 0 Å². The molecule has 3 rings (SSSR count). The Morgan fingerprint density at radius 2 is 1.64 bits per heavy atom. The zero-order valence-electron chi connectivity index (χ0n) is 13.8. The zero-order valence-corrected chi connectivity index (χ0v) is 13.8. The highest BCUT2D eigenvalue weighted by Gasteiger charge is 2.33. The van der Waals surface area contributed by atoms with Gasteiger partial charge in [-0.3, -0.25) is 0 Å². The average molecular weight is 291 g/mol. The van der Waals surface area contributed by atoms with Gasteiger partial charge < -0.3 is 9.80 Å². The normalized spacial score (nSPS) is 16.6. The minimum absolute atomic E-state index is 0.232. The van der Waals surface area contributed by atoms with E-state index in [1.807, 2.05) is 12.1 Å². The minimum atomic E-state index is 0.232. The first-order chi connectivity index (χ1) is 10.4. The second-order valence-corrected chi connectivity index (χ2v) is 6.14. The first kappa shape index (κ1) is 14.5. The summed E-state index contributed by atoms with van der Waals surface area (Å²) in [6, 6.07) is 10.4. The number of rotatable bonds is 1. The molecule has 1 aliphatic heterocycles. The molecule has 0 fully saturated rings. The second-order valence-electron chi connectivity index (χ2n) is 6.14. The Kier molecular flexibility index (Phi) is 3.33. The molecule has 0 spiro atoms. The van der Waals surface area contributed by atoms with Gasteiger partial charge in [-0.15, -0.1) is 0 Å². The molecular formula is C19H21N3. The molecule has 0 saturated carbocycles. The molecule has 0 amide bonds. The maximum absolute atomic E-state index is 7.28. The van der Waals surface area contributed by atoms with E-state index in [1.54, 1.807) is 0 Å². The third kappa shape index (κ3) is 2.03. The summed E-state index contributed by atoms with van der Waals surface area (Å²) >= 11 is 0. The van der Waals surface area contributed by atoms with Crippen LogP contribution < -0.4 is 9.80 Å². The van der Waals surface area contributed by atoms with Gasteiger partial charge in [0, 0.05) is 12.7 Å². The van der Waals surface area contributed by atoms with Crippen LogP contribution in [0.2, 0.25) is 0 Å². The lowest BCUT2D eigenvalue weighted by atomic mass is 10.0. The minimum Gasteiger partial charge on any atom is -0.353 e. The lowest BCUT2D eigenvalue weighted by molar-refractivity contribution is 0.731. The highest BCUT2D eigenvalue weighted by Crippen LogP contribution is 2.46. The molecule has 22 heavy (non-hydrogen) atoms. The Balaban J connectivity index is 2.24. The Morgan fingerprint density at radius 3 is 2.23 bits per heavy atom. The van der Waals surface area contributed by atoms with Crippen molar-refractivity contribution in [3.8, 4) is 0 Å². The number of aryl methyl sites for hydroxylation is 3. The monoisotopic (exact) mass is 291 g/mol. The average Bonchev–Trinajstić information content (AvgIpc) is 2.71. The van der Waals surface area contributed by atoms with E-state index < -0.39 is 0 Å². The molecule has 0 saturated heterocycles. The van der Waals surface area contributed by atoms with E-state index >= 15 is 0 Å². The standard InChI is InChI=1S/C19H21N3/c1-12-9-13(2)19(14(3)10-12)22-15(4)21(6)17-8-7-16(20-5)11-18(17)22/h7-11,15H,1-4,6H3/t15-/m0/s1. The van der Waals surface area contributed by atoms with Crippen LogP contribution in [0.5, 0.6) is 0 Å². The summed E-state index contributed by atoms with van der Waals surface area (Å²) < 4.78 is 0. The van der Waals surface area contributed by atoms with Crippen LogP contribution in [0.4, 0.5) is 22.7 Å². The van der Waals surface area contributed by atoms with Crippen molar-refractivity contribution in [2.75, 3.05) is 16.8 Å². The molecular weight excluding hydrogens is 270 g/mol. The van der Waals surface area contributed by atoms with Crippen LogP contribution in [0.3, 0.4) is 0 Å². The number of hydrogen-bond acceptors (Lipinski definition) is 2. The largest absolute Gasteiger partial charge is 0.353 e. The molecule has 112 valence electrons. The van der Waals surface area contributed by atoms with Gasteiger partial charge in [0.2, 0.25) is 0 Å². The van der Waals surface area contributed by atoms with Crippen LogP contribution in [0.1, 0.15) is 23.6 Å². The molecule has 0 aromatic heterocycles. The number of anilines is 3. The van der Waals surface area contributed by atoms with E-state index in [4.69, 9.17) is 6.57 Å². The smallest absolute Gasteiger partial charge is 0.189 e. The lowest BCUT2D eigenvalue weighted by Crippen LogP contribution is -2.36. The quantitative estimate of drug-likeness (QED) is 0.677. The Labute approximate surface area is 132 Å². The van der Waals surface area contributed by atoms with Gasteiger partial charge in [-0.05, 0) is 51.0 Å². The third-order valence-corrected chi connectivity index (χ3v) is 4.54. The fraction of sp³-hybridized carbons (Fsp3) is 0.316. The van der Waals surface area contributed by atoms with Crippen molar-refractivity contribution in [3.63, 3.8) is 0 Å². The van der Waals surface area contributed by atoms with E-state index in [9.17, 15) is 0 Å². The fourth-order valence-electron chi connectivity index (χ4n) is 3.51. The van der Waals surface area contributed by atoms with Crippen molar-refractivity contribution in [2.24, 2.45) is 0 Å². The molecule has 0 aliphatic carbocycles. The number of hydrogen-bond donors (Lipinski definition) is 0. The van der Waals surface area contributed by atoms with Crippen molar-refractivity contribution in [1.29, 1.82) is 0 Å².